The van der Waals surface area contributed by atoms with Crippen molar-refractivity contribution < 1.29 is 9.90 Å². The van der Waals surface area contributed by atoms with Gasteiger partial charge in [0, 0.05) is 41.7 Å². The summed E-state index contributed by atoms with van der Waals surface area (Å²) in [5, 5.41) is 11.5. The molecule has 0 bridgehead atoms. The third kappa shape index (κ3) is 5.63. The van der Waals surface area contributed by atoms with Crippen LogP contribution in [0.3, 0.4) is 0 Å². The fourth-order valence-corrected chi connectivity index (χ4v) is 6.03. The Bertz CT molecular complexity index is 1350. The number of nitrogens with one attached hydrogen (secondary N) is 1. The first-order chi connectivity index (χ1) is 18.6. The lowest BCUT2D eigenvalue weighted by Crippen LogP contribution is -2.34. The Morgan fingerprint density at radius 3 is 2.42 bits per heavy atom. The van der Waals surface area contributed by atoms with Gasteiger partial charge < -0.3 is 19.9 Å². The Morgan fingerprint density at radius 1 is 0.974 bits per heavy atom. The second kappa shape index (κ2) is 11.9. The number of aromatic hydroxyl groups is 1. The second-order valence-electron chi connectivity index (χ2n) is 10.4. The number of benzene rings is 3. The molecule has 0 spiro atoms. The lowest BCUT2D eigenvalue weighted by molar-refractivity contribution is 0.0773. The highest BCUT2D eigenvalue weighted by Gasteiger charge is 2.24. The smallest absolute Gasteiger partial charge is 0.253 e. The van der Waals surface area contributed by atoms with E-state index in [4.69, 9.17) is 0 Å². The van der Waals surface area contributed by atoms with E-state index in [0.29, 0.717) is 24.8 Å². The van der Waals surface area contributed by atoms with Gasteiger partial charge >= 0.3 is 0 Å². The lowest BCUT2D eigenvalue weighted by Gasteiger charge is -2.33. The van der Waals surface area contributed by atoms with E-state index in [-0.39, 0.29) is 11.8 Å². The lowest BCUT2D eigenvalue weighted by atomic mass is 9.86. The van der Waals surface area contributed by atoms with E-state index < -0.39 is 0 Å². The number of phenolic OH excluding ortho intramolecular Hbond substituents is 1. The Balaban J connectivity index is 1.27. The predicted molar refractivity (Wildman–Crippen MR) is 155 cm³/mol. The summed E-state index contributed by atoms with van der Waals surface area (Å²) >= 11 is 0. The number of hydrogen-bond donors (Lipinski definition) is 2. The van der Waals surface area contributed by atoms with Gasteiger partial charge in [0.25, 0.3) is 5.91 Å². The normalized spacial score (nSPS) is 15.5. The molecule has 4 aromatic rings. The van der Waals surface area contributed by atoms with Crippen LogP contribution < -0.4 is 0 Å². The molecule has 0 aliphatic carbocycles. The Hall–Kier alpha value is -3.57. The molecule has 1 amide bonds. The van der Waals surface area contributed by atoms with Crippen molar-refractivity contribution in [3.05, 3.63) is 101 Å². The van der Waals surface area contributed by atoms with E-state index in [0.717, 1.165) is 37.2 Å². The minimum atomic E-state index is 0.0773. The van der Waals surface area contributed by atoms with E-state index in [9.17, 15) is 9.90 Å². The summed E-state index contributed by atoms with van der Waals surface area (Å²) < 4.78 is 0. The molecule has 2 N–H and O–H groups in total. The average molecular weight is 510 g/mol. The maximum absolute atomic E-state index is 12.8. The van der Waals surface area contributed by atoms with Crippen molar-refractivity contribution in [3.8, 4) is 5.75 Å². The zero-order valence-electron chi connectivity index (χ0n) is 22.6. The van der Waals surface area contributed by atoms with E-state index in [1.807, 2.05) is 43.0 Å². The molecule has 3 aromatic carbocycles. The highest BCUT2D eigenvalue weighted by molar-refractivity contribution is 5.94. The van der Waals surface area contributed by atoms with E-state index >= 15 is 0 Å². The van der Waals surface area contributed by atoms with Crippen LogP contribution in [0.1, 0.15) is 72.0 Å². The van der Waals surface area contributed by atoms with E-state index in [1.165, 1.54) is 34.9 Å². The van der Waals surface area contributed by atoms with Gasteiger partial charge in [-0.25, -0.2) is 0 Å². The molecular formula is C33H39N3O2. The van der Waals surface area contributed by atoms with Gasteiger partial charge in [-0.15, -0.1) is 0 Å². The summed E-state index contributed by atoms with van der Waals surface area (Å²) in [5.74, 6) is 1.13. The molecule has 1 fully saturated rings. The van der Waals surface area contributed by atoms with Gasteiger partial charge in [0.05, 0.1) is 0 Å². The number of carbonyl (C=O) groups excluding carboxylic acids is 1. The van der Waals surface area contributed by atoms with Crippen molar-refractivity contribution >= 4 is 16.8 Å². The molecule has 2 heterocycles. The Morgan fingerprint density at radius 2 is 1.71 bits per heavy atom. The number of para-hydroxylation sites is 1. The number of fused-ring (bicyclic) bond motifs is 1. The van der Waals surface area contributed by atoms with Crippen molar-refractivity contribution in [2.24, 2.45) is 0 Å². The van der Waals surface area contributed by atoms with Crippen LogP contribution in [0, 0.1) is 0 Å². The topological polar surface area (TPSA) is 59.6 Å². The number of H-pyrrole nitrogens is 1. The van der Waals surface area contributed by atoms with Crippen molar-refractivity contribution in [2.45, 2.75) is 44.9 Å². The van der Waals surface area contributed by atoms with Gasteiger partial charge in [-0.1, -0.05) is 42.5 Å². The summed E-state index contributed by atoms with van der Waals surface area (Å²) in [6, 6.07) is 24.3. The molecule has 1 saturated heterocycles. The summed E-state index contributed by atoms with van der Waals surface area (Å²) in [7, 11) is 0. The molecule has 1 aliphatic rings. The highest BCUT2D eigenvalue weighted by atomic mass is 16.3. The van der Waals surface area contributed by atoms with Crippen LogP contribution in [0.2, 0.25) is 0 Å². The minimum Gasteiger partial charge on any atom is -0.508 e. The van der Waals surface area contributed by atoms with Crippen LogP contribution in [0.15, 0.2) is 79.0 Å². The third-order valence-electron chi connectivity index (χ3n) is 8.27. The monoisotopic (exact) mass is 509 g/mol. The molecule has 1 aromatic heterocycles. The van der Waals surface area contributed by atoms with Gasteiger partial charge in [-0.2, -0.15) is 0 Å². The molecule has 5 rings (SSSR count). The van der Waals surface area contributed by atoms with Gasteiger partial charge in [0.15, 0.2) is 0 Å². The maximum atomic E-state index is 12.8. The van der Waals surface area contributed by atoms with Crippen molar-refractivity contribution in [3.63, 3.8) is 0 Å². The van der Waals surface area contributed by atoms with Crippen LogP contribution in [0.4, 0.5) is 0 Å². The minimum absolute atomic E-state index is 0.0773. The Labute approximate surface area is 226 Å². The number of likely N-dealkylation sites (tertiary alicyclic amines) is 1. The van der Waals surface area contributed by atoms with Crippen LogP contribution in [-0.2, 0) is 0 Å². The molecule has 1 atom stereocenters. The molecule has 1 unspecified atom stereocenters. The predicted octanol–water partition coefficient (Wildman–Crippen LogP) is 6.76. The van der Waals surface area contributed by atoms with E-state index in [2.05, 4.69) is 58.5 Å². The Kier molecular flexibility index (Phi) is 8.14. The number of amides is 1. The first kappa shape index (κ1) is 26.1. The standard InChI is InChI=1S/C33H39N3O2/c1-3-36(4-2)33(38)26-14-12-24(13-15-26)29(27-8-7-9-28(37)22-27)18-21-35-19-16-25(17-20-35)31-23-34-32-11-6-5-10-30(31)32/h5-15,22-23,25,29,34,37H,3-4,16-21H2,1-2H3. The zero-order chi connectivity index (χ0) is 26.5. The van der Waals surface area contributed by atoms with Crippen LogP contribution in [0.25, 0.3) is 10.9 Å². The average Bonchev–Trinajstić information content (AvgIpc) is 3.39. The number of carbonyl (C=O) groups is 1. The summed E-state index contributed by atoms with van der Waals surface area (Å²) in [6.45, 7) is 8.62. The molecule has 1 aliphatic heterocycles. The molecule has 0 saturated carbocycles. The number of phenols is 1. The third-order valence-corrected chi connectivity index (χ3v) is 8.27. The molecule has 38 heavy (non-hydrogen) atoms. The molecular weight excluding hydrogens is 470 g/mol. The van der Waals surface area contributed by atoms with Crippen molar-refractivity contribution in [1.82, 2.24) is 14.8 Å². The second-order valence-corrected chi connectivity index (χ2v) is 10.4. The first-order valence-electron chi connectivity index (χ1n) is 14.0. The largest absolute Gasteiger partial charge is 0.508 e. The molecule has 198 valence electrons. The van der Waals surface area contributed by atoms with Gasteiger partial charge in [0.1, 0.15) is 5.75 Å². The molecule has 0 radical (unpaired) electrons. The van der Waals surface area contributed by atoms with E-state index in [1.54, 1.807) is 6.07 Å². The number of nitrogens with zero attached hydrogens (tertiary/aromatic N) is 2. The summed E-state index contributed by atoms with van der Waals surface area (Å²) in [4.78, 5) is 20.7. The number of aromatic nitrogens is 1. The highest BCUT2D eigenvalue weighted by Crippen LogP contribution is 2.35. The fourth-order valence-electron chi connectivity index (χ4n) is 6.03. The van der Waals surface area contributed by atoms with Gasteiger partial charge in [0.2, 0.25) is 0 Å². The zero-order valence-corrected chi connectivity index (χ0v) is 22.6. The number of hydrogen-bond acceptors (Lipinski definition) is 3. The number of piperidine rings is 1. The quantitative estimate of drug-likeness (QED) is 0.262. The van der Waals surface area contributed by atoms with Crippen molar-refractivity contribution in [1.29, 1.82) is 0 Å². The SMILES string of the molecule is CCN(CC)C(=O)c1ccc(C(CCN2CCC(c3c[nH]c4ccccc34)CC2)c2cccc(O)c2)cc1. The first-order valence-corrected chi connectivity index (χ1v) is 14.0. The van der Waals surface area contributed by atoms with Crippen molar-refractivity contribution in [2.75, 3.05) is 32.7 Å². The molecule has 5 nitrogen and oxygen atoms in total. The van der Waals surface area contributed by atoms with Crippen LogP contribution in [0.5, 0.6) is 5.75 Å². The summed E-state index contributed by atoms with van der Waals surface area (Å²) in [5.41, 5.74) is 5.70. The van der Waals surface area contributed by atoms with Crippen LogP contribution in [-0.4, -0.2) is 58.5 Å². The van der Waals surface area contributed by atoms with Gasteiger partial charge in [-0.3, -0.25) is 4.79 Å². The fraction of sp³-hybridized carbons (Fsp3) is 0.364. The molecule has 5 heteroatoms. The summed E-state index contributed by atoms with van der Waals surface area (Å²) in [6.07, 6.45) is 5.50. The van der Waals surface area contributed by atoms with Crippen LogP contribution >= 0.6 is 0 Å². The number of rotatable bonds is 9. The number of aromatic amines is 1. The van der Waals surface area contributed by atoms with Gasteiger partial charge in [-0.05, 0) is 106 Å². The maximum Gasteiger partial charge on any atom is 0.253 e.